The molecule has 1 aromatic heterocycles. The molecule has 1 aromatic carbocycles. The summed E-state index contributed by atoms with van der Waals surface area (Å²) in [4.78, 5) is 51.4. The van der Waals surface area contributed by atoms with Gasteiger partial charge in [-0.2, -0.15) is 5.10 Å². The molecule has 0 saturated carbocycles. The summed E-state index contributed by atoms with van der Waals surface area (Å²) in [7, 11) is 1.88. The van der Waals surface area contributed by atoms with E-state index in [1.807, 2.05) is 34.7 Å². The third-order valence-corrected chi connectivity index (χ3v) is 6.99. The van der Waals surface area contributed by atoms with Crippen LogP contribution in [0.1, 0.15) is 60.4 Å². The van der Waals surface area contributed by atoms with Crippen molar-refractivity contribution in [3.63, 3.8) is 0 Å². The molecule has 0 bridgehead atoms. The molecule has 0 aliphatic carbocycles. The van der Waals surface area contributed by atoms with Crippen molar-refractivity contribution in [2.75, 3.05) is 19.7 Å². The first-order valence-corrected chi connectivity index (χ1v) is 13.4. The average molecular weight is 541 g/mol. The maximum absolute atomic E-state index is 13.3. The second-order valence-electron chi connectivity index (χ2n) is 10.2. The minimum absolute atomic E-state index is 0.00751. The first-order chi connectivity index (χ1) is 18.6. The van der Waals surface area contributed by atoms with Gasteiger partial charge in [0.05, 0.1) is 17.3 Å². The fourth-order valence-corrected chi connectivity index (χ4v) is 4.44. The number of carbonyl (C=O) groups is 4. The highest BCUT2D eigenvalue weighted by molar-refractivity contribution is 5.99. The molecular formula is C28H40N6O5. The van der Waals surface area contributed by atoms with Gasteiger partial charge in [0.1, 0.15) is 18.4 Å². The van der Waals surface area contributed by atoms with Crippen molar-refractivity contribution < 1.29 is 23.9 Å². The molecule has 1 aliphatic heterocycles. The molecule has 1 aliphatic rings. The zero-order valence-electron chi connectivity index (χ0n) is 23.4. The molecule has 11 heteroatoms. The topological polar surface area (TPSA) is 143 Å². The Kier molecular flexibility index (Phi) is 10.5. The Morgan fingerprint density at radius 3 is 2.56 bits per heavy atom. The quantitative estimate of drug-likeness (QED) is 0.450. The van der Waals surface area contributed by atoms with Gasteiger partial charge in [-0.05, 0) is 50.3 Å². The van der Waals surface area contributed by atoms with E-state index >= 15 is 0 Å². The number of nitrogens with one attached hydrogen (secondary N) is 4. The van der Waals surface area contributed by atoms with Crippen molar-refractivity contribution in [3.8, 4) is 5.75 Å². The maximum Gasteiger partial charge on any atom is 0.255 e. The molecule has 2 aromatic rings. The van der Waals surface area contributed by atoms with E-state index in [1.54, 1.807) is 28.9 Å². The summed E-state index contributed by atoms with van der Waals surface area (Å²) in [5.41, 5.74) is 3.27. The highest BCUT2D eigenvalue weighted by Crippen LogP contribution is 2.20. The standard InChI is InChI=1S/C28H40N6O5/c1-17(2)23-16-39-24-9-7-6-8-21(24)27(37)32-22(10-11-25(35)29-15-13-26(36)31-23)28(38)30-14-12-20-18(3)33-34(5)19(20)4/h6-9,17,22-23H,10-16H2,1-5H3,(H,29,35)(H,30,38)(H,31,36)(H,32,37)/t22-,23-/m0/s1. The molecule has 4 N–H and O–H groups in total. The van der Waals surface area contributed by atoms with Crippen LogP contribution in [0.4, 0.5) is 0 Å². The number of rotatable bonds is 5. The lowest BCUT2D eigenvalue weighted by Crippen LogP contribution is -2.48. The van der Waals surface area contributed by atoms with Crippen LogP contribution in [0, 0.1) is 19.8 Å². The Hall–Kier alpha value is -3.89. The number of benzene rings is 1. The molecule has 0 spiro atoms. The van der Waals surface area contributed by atoms with Crippen LogP contribution in [0.25, 0.3) is 0 Å². The van der Waals surface area contributed by atoms with E-state index in [2.05, 4.69) is 26.4 Å². The molecule has 3 rings (SSSR count). The number of aromatic nitrogens is 2. The van der Waals surface area contributed by atoms with Crippen LogP contribution in [-0.2, 0) is 27.9 Å². The number of fused-ring (bicyclic) bond motifs is 1. The number of amides is 4. The summed E-state index contributed by atoms with van der Waals surface area (Å²) in [6, 6.07) is 5.53. The Morgan fingerprint density at radius 1 is 1.13 bits per heavy atom. The molecule has 11 nitrogen and oxygen atoms in total. The van der Waals surface area contributed by atoms with E-state index in [-0.39, 0.29) is 67.7 Å². The third-order valence-electron chi connectivity index (χ3n) is 6.99. The zero-order chi connectivity index (χ0) is 28.5. The molecule has 39 heavy (non-hydrogen) atoms. The number of carbonyl (C=O) groups excluding carboxylic acids is 4. The van der Waals surface area contributed by atoms with Gasteiger partial charge in [-0.15, -0.1) is 0 Å². The molecule has 2 heterocycles. The van der Waals surface area contributed by atoms with E-state index in [4.69, 9.17) is 4.74 Å². The van der Waals surface area contributed by atoms with Crippen molar-refractivity contribution in [2.45, 2.75) is 65.5 Å². The number of hydrogen-bond acceptors (Lipinski definition) is 6. The number of para-hydroxylation sites is 1. The Bertz CT molecular complexity index is 1190. The van der Waals surface area contributed by atoms with Crippen molar-refractivity contribution in [2.24, 2.45) is 13.0 Å². The Morgan fingerprint density at radius 2 is 1.87 bits per heavy atom. The maximum atomic E-state index is 13.3. The second-order valence-corrected chi connectivity index (χ2v) is 10.2. The fraction of sp³-hybridized carbons (Fsp3) is 0.536. The van der Waals surface area contributed by atoms with E-state index in [9.17, 15) is 19.2 Å². The molecule has 4 amide bonds. The lowest BCUT2D eigenvalue weighted by molar-refractivity contribution is -0.124. The van der Waals surface area contributed by atoms with E-state index in [1.165, 1.54) is 0 Å². The first kappa shape index (κ1) is 29.7. The highest BCUT2D eigenvalue weighted by Gasteiger charge is 2.25. The summed E-state index contributed by atoms with van der Waals surface area (Å²) >= 11 is 0. The van der Waals surface area contributed by atoms with Crippen molar-refractivity contribution in [3.05, 3.63) is 46.8 Å². The van der Waals surface area contributed by atoms with Crippen molar-refractivity contribution in [1.29, 1.82) is 0 Å². The predicted molar refractivity (Wildman–Crippen MR) is 146 cm³/mol. The van der Waals surface area contributed by atoms with Gasteiger partial charge in [0.25, 0.3) is 5.91 Å². The molecule has 0 radical (unpaired) electrons. The van der Waals surface area contributed by atoms with Gasteiger partial charge in [0.15, 0.2) is 0 Å². The van der Waals surface area contributed by atoms with E-state index in [0.29, 0.717) is 18.7 Å². The van der Waals surface area contributed by atoms with E-state index < -0.39 is 11.9 Å². The second kappa shape index (κ2) is 13.8. The summed E-state index contributed by atoms with van der Waals surface area (Å²) in [6.45, 7) is 8.53. The summed E-state index contributed by atoms with van der Waals surface area (Å²) in [5, 5.41) is 15.8. The number of ether oxygens (including phenoxy) is 1. The van der Waals surface area contributed by atoms with Crippen LogP contribution in [0.5, 0.6) is 5.75 Å². The fourth-order valence-electron chi connectivity index (χ4n) is 4.44. The average Bonchev–Trinajstić information content (AvgIpc) is 3.13. The Labute approximate surface area is 229 Å². The molecule has 2 atom stereocenters. The number of aryl methyl sites for hydroxylation is 2. The lowest BCUT2D eigenvalue weighted by atomic mass is 10.0. The third kappa shape index (κ3) is 8.30. The minimum Gasteiger partial charge on any atom is -0.491 e. The highest BCUT2D eigenvalue weighted by atomic mass is 16.5. The summed E-state index contributed by atoms with van der Waals surface area (Å²) in [6.07, 6.45) is 0.820. The molecule has 0 unspecified atom stereocenters. The number of hydrogen-bond donors (Lipinski definition) is 4. The van der Waals surface area contributed by atoms with Crippen LogP contribution in [-0.4, -0.2) is 65.2 Å². The summed E-state index contributed by atoms with van der Waals surface area (Å²) in [5.74, 6) is -0.937. The van der Waals surface area contributed by atoms with Gasteiger partial charge in [-0.25, -0.2) is 0 Å². The SMILES string of the molecule is Cc1nn(C)c(C)c1CCNC(=O)[C@@H]1CCC(=O)NCCC(=O)N[C@H](C(C)C)COc2ccccc2C(=O)N1. The van der Waals surface area contributed by atoms with Gasteiger partial charge in [-0.3, -0.25) is 23.9 Å². The van der Waals surface area contributed by atoms with Crippen LogP contribution in [0.15, 0.2) is 24.3 Å². The van der Waals surface area contributed by atoms with Crippen LogP contribution < -0.4 is 26.0 Å². The van der Waals surface area contributed by atoms with Gasteiger partial charge in [0, 0.05) is 38.7 Å². The van der Waals surface area contributed by atoms with Crippen molar-refractivity contribution >= 4 is 23.6 Å². The minimum atomic E-state index is -0.938. The zero-order valence-corrected chi connectivity index (χ0v) is 23.4. The number of nitrogens with zero attached hydrogens (tertiary/aromatic N) is 2. The first-order valence-electron chi connectivity index (χ1n) is 13.4. The smallest absolute Gasteiger partial charge is 0.255 e. The van der Waals surface area contributed by atoms with Gasteiger partial charge in [-0.1, -0.05) is 26.0 Å². The van der Waals surface area contributed by atoms with Crippen LogP contribution in [0.2, 0.25) is 0 Å². The van der Waals surface area contributed by atoms with Gasteiger partial charge >= 0.3 is 0 Å². The largest absolute Gasteiger partial charge is 0.491 e. The molecule has 0 fully saturated rings. The van der Waals surface area contributed by atoms with Crippen molar-refractivity contribution in [1.82, 2.24) is 31.0 Å². The van der Waals surface area contributed by atoms with Crippen LogP contribution in [0.3, 0.4) is 0 Å². The molecule has 212 valence electrons. The summed E-state index contributed by atoms with van der Waals surface area (Å²) < 4.78 is 7.78. The van der Waals surface area contributed by atoms with Crippen LogP contribution >= 0.6 is 0 Å². The normalized spacial score (nSPS) is 19.4. The van der Waals surface area contributed by atoms with E-state index in [0.717, 1.165) is 17.0 Å². The predicted octanol–water partition coefficient (Wildman–Crippen LogP) is 1.31. The molecular weight excluding hydrogens is 500 g/mol. The lowest BCUT2D eigenvalue weighted by Gasteiger charge is -2.24. The van der Waals surface area contributed by atoms with Gasteiger partial charge < -0.3 is 26.0 Å². The van der Waals surface area contributed by atoms with Gasteiger partial charge in [0.2, 0.25) is 17.7 Å². The molecule has 0 saturated heterocycles. The Balaban J connectivity index is 1.77. The monoisotopic (exact) mass is 540 g/mol.